The standard InChI is InChI=1S/C13H12O2/c1-10-4-2-6-12(8-10)15-13-7-3-5-11(14)9-13/h2-9,14H,1H3. The molecule has 0 amide bonds. The molecule has 0 aliphatic carbocycles. The Kier molecular flexibility index (Phi) is 2.59. The maximum atomic E-state index is 9.27. The summed E-state index contributed by atoms with van der Waals surface area (Å²) in [5.74, 6) is 1.63. The van der Waals surface area contributed by atoms with Gasteiger partial charge in [0.2, 0.25) is 0 Å². The number of hydrogen-bond acceptors (Lipinski definition) is 2. The number of aromatic hydroxyl groups is 1. The van der Waals surface area contributed by atoms with Crippen LogP contribution in [0.25, 0.3) is 0 Å². The van der Waals surface area contributed by atoms with E-state index < -0.39 is 0 Å². The average molecular weight is 200 g/mol. The van der Waals surface area contributed by atoms with E-state index in [0.717, 1.165) is 11.3 Å². The fourth-order valence-corrected chi connectivity index (χ4v) is 1.36. The fourth-order valence-electron chi connectivity index (χ4n) is 1.36. The highest BCUT2D eigenvalue weighted by Gasteiger charge is 1.97. The van der Waals surface area contributed by atoms with Gasteiger partial charge in [-0.05, 0) is 36.8 Å². The molecule has 2 nitrogen and oxygen atoms in total. The molecule has 0 bridgehead atoms. The van der Waals surface area contributed by atoms with Crippen LogP contribution in [0.2, 0.25) is 0 Å². The van der Waals surface area contributed by atoms with Crippen molar-refractivity contribution in [2.24, 2.45) is 0 Å². The molecule has 0 heterocycles. The minimum Gasteiger partial charge on any atom is -0.508 e. The predicted octanol–water partition coefficient (Wildman–Crippen LogP) is 3.49. The van der Waals surface area contributed by atoms with E-state index >= 15 is 0 Å². The second kappa shape index (κ2) is 4.05. The van der Waals surface area contributed by atoms with Gasteiger partial charge in [0.15, 0.2) is 0 Å². The van der Waals surface area contributed by atoms with Crippen molar-refractivity contribution in [1.29, 1.82) is 0 Å². The Morgan fingerprint density at radius 3 is 2.27 bits per heavy atom. The predicted molar refractivity (Wildman–Crippen MR) is 59.4 cm³/mol. The van der Waals surface area contributed by atoms with E-state index in [0.29, 0.717) is 5.75 Å². The lowest BCUT2D eigenvalue weighted by atomic mass is 10.2. The summed E-state index contributed by atoms with van der Waals surface area (Å²) in [4.78, 5) is 0. The maximum Gasteiger partial charge on any atom is 0.131 e. The topological polar surface area (TPSA) is 29.5 Å². The van der Waals surface area contributed by atoms with Crippen LogP contribution in [0.15, 0.2) is 48.5 Å². The van der Waals surface area contributed by atoms with Crippen molar-refractivity contribution < 1.29 is 9.84 Å². The molecule has 0 saturated heterocycles. The van der Waals surface area contributed by atoms with Gasteiger partial charge in [-0.1, -0.05) is 18.2 Å². The third-order valence-corrected chi connectivity index (χ3v) is 2.04. The number of ether oxygens (including phenoxy) is 1. The summed E-state index contributed by atoms with van der Waals surface area (Å²) in [6, 6.07) is 14.5. The molecule has 0 aliphatic rings. The number of phenols is 1. The van der Waals surface area contributed by atoms with E-state index in [1.165, 1.54) is 0 Å². The molecule has 0 radical (unpaired) electrons. The highest BCUT2D eigenvalue weighted by Crippen LogP contribution is 2.24. The summed E-state index contributed by atoms with van der Waals surface area (Å²) in [5, 5.41) is 9.27. The van der Waals surface area contributed by atoms with Crippen LogP contribution in [0, 0.1) is 6.92 Å². The number of aryl methyl sites for hydroxylation is 1. The minimum absolute atomic E-state index is 0.208. The van der Waals surface area contributed by atoms with E-state index in [1.54, 1.807) is 18.2 Å². The molecular weight excluding hydrogens is 188 g/mol. The summed E-state index contributed by atoms with van der Waals surface area (Å²) < 4.78 is 5.58. The first kappa shape index (κ1) is 9.59. The van der Waals surface area contributed by atoms with Crippen molar-refractivity contribution in [2.75, 3.05) is 0 Å². The van der Waals surface area contributed by atoms with E-state index in [9.17, 15) is 5.11 Å². The van der Waals surface area contributed by atoms with Gasteiger partial charge in [0.05, 0.1) is 0 Å². The summed E-state index contributed by atoms with van der Waals surface area (Å²) >= 11 is 0. The van der Waals surface area contributed by atoms with E-state index in [-0.39, 0.29) is 5.75 Å². The van der Waals surface area contributed by atoms with Crippen molar-refractivity contribution in [3.8, 4) is 17.2 Å². The molecule has 0 aromatic heterocycles. The maximum absolute atomic E-state index is 9.27. The van der Waals surface area contributed by atoms with Crippen molar-refractivity contribution >= 4 is 0 Å². The minimum atomic E-state index is 0.208. The van der Waals surface area contributed by atoms with Gasteiger partial charge in [-0.3, -0.25) is 0 Å². The number of hydrogen-bond donors (Lipinski definition) is 1. The molecule has 0 aliphatic heterocycles. The molecule has 0 saturated carbocycles. The lowest BCUT2D eigenvalue weighted by molar-refractivity contribution is 0.455. The number of phenolic OH excluding ortho intramolecular Hbond substituents is 1. The van der Waals surface area contributed by atoms with Gasteiger partial charge in [0.25, 0.3) is 0 Å². The van der Waals surface area contributed by atoms with Crippen LogP contribution in [-0.4, -0.2) is 5.11 Å². The Bertz CT molecular complexity index is 420. The van der Waals surface area contributed by atoms with Gasteiger partial charge in [-0.15, -0.1) is 0 Å². The smallest absolute Gasteiger partial charge is 0.131 e. The molecular formula is C13H12O2. The Hall–Kier alpha value is -1.96. The fraction of sp³-hybridized carbons (Fsp3) is 0.0769. The van der Waals surface area contributed by atoms with E-state index in [2.05, 4.69) is 0 Å². The Morgan fingerprint density at radius 2 is 1.60 bits per heavy atom. The highest BCUT2D eigenvalue weighted by atomic mass is 16.5. The third kappa shape index (κ3) is 2.50. The van der Waals surface area contributed by atoms with Crippen molar-refractivity contribution in [2.45, 2.75) is 6.92 Å². The first-order chi connectivity index (χ1) is 7.24. The van der Waals surface area contributed by atoms with Crippen LogP contribution in [-0.2, 0) is 0 Å². The molecule has 76 valence electrons. The van der Waals surface area contributed by atoms with Crippen LogP contribution in [0.1, 0.15) is 5.56 Å². The van der Waals surface area contributed by atoms with Gasteiger partial charge >= 0.3 is 0 Å². The SMILES string of the molecule is Cc1cccc(Oc2cccc(O)c2)c1. The zero-order valence-corrected chi connectivity index (χ0v) is 8.47. The molecule has 2 rings (SSSR count). The van der Waals surface area contributed by atoms with Crippen LogP contribution < -0.4 is 4.74 Å². The van der Waals surface area contributed by atoms with Crippen LogP contribution in [0.4, 0.5) is 0 Å². The zero-order chi connectivity index (χ0) is 10.7. The molecule has 0 unspecified atom stereocenters. The van der Waals surface area contributed by atoms with Crippen molar-refractivity contribution in [3.05, 3.63) is 54.1 Å². The van der Waals surface area contributed by atoms with Crippen molar-refractivity contribution in [1.82, 2.24) is 0 Å². The Labute approximate surface area is 88.8 Å². The summed E-state index contributed by atoms with van der Waals surface area (Å²) in [6.07, 6.45) is 0. The van der Waals surface area contributed by atoms with E-state index in [1.807, 2.05) is 37.3 Å². The average Bonchev–Trinajstić information content (AvgIpc) is 2.17. The first-order valence-electron chi connectivity index (χ1n) is 4.77. The van der Waals surface area contributed by atoms with Crippen LogP contribution >= 0.6 is 0 Å². The summed E-state index contributed by atoms with van der Waals surface area (Å²) in [5.41, 5.74) is 1.15. The second-order valence-electron chi connectivity index (χ2n) is 3.42. The van der Waals surface area contributed by atoms with Crippen LogP contribution in [0.5, 0.6) is 17.2 Å². The van der Waals surface area contributed by atoms with Gasteiger partial charge in [0.1, 0.15) is 17.2 Å². The van der Waals surface area contributed by atoms with Gasteiger partial charge < -0.3 is 9.84 Å². The summed E-state index contributed by atoms with van der Waals surface area (Å²) in [7, 11) is 0. The highest BCUT2D eigenvalue weighted by molar-refractivity contribution is 5.37. The van der Waals surface area contributed by atoms with E-state index in [4.69, 9.17) is 4.74 Å². The van der Waals surface area contributed by atoms with Crippen molar-refractivity contribution in [3.63, 3.8) is 0 Å². The molecule has 0 fully saturated rings. The lowest BCUT2D eigenvalue weighted by Crippen LogP contribution is -1.83. The largest absolute Gasteiger partial charge is 0.508 e. The molecule has 2 aromatic carbocycles. The van der Waals surface area contributed by atoms with Gasteiger partial charge in [-0.25, -0.2) is 0 Å². The quantitative estimate of drug-likeness (QED) is 0.804. The normalized spacial score (nSPS) is 9.93. The second-order valence-corrected chi connectivity index (χ2v) is 3.42. The molecule has 1 N–H and O–H groups in total. The lowest BCUT2D eigenvalue weighted by Gasteiger charge is -2.06. The number of benzene rings is 2. The molecule has 0 atom stereocenters. The molecule has 2 heteroatoms. The number of rotatable bonds is 2. The molecule has 15 heavy (non-hydrogen) atoms. The zero-order valence-electron chi connectivity index (χ0n) is 8.47. The van der Waals surface area contributed by atoms with Crippen LogP contribution in [0.3, 0.4) is 0 Å². The monoisotopic (exact) mass is 200 g/mol. The first-order valence-corrected chi connectivity index (χ1v) is 4.77. The Morgan fingerprint density at radius 1 is 0.933 bits per heavy atom. The van der Waals surface area contributed by atoms with Gasteiger partial charge in [-0.2, -0.15) is 0 Å². The molecule has 0 spiro atoms. The van der Waals surface area contributed by atoms with Gasteiger partial charge in [0, 0.05) is 6.07 Å². The summed E-state index contributed by atoms with van der Waals surface area (Å²) in [6.45, 7) is 2.01. The third-order valence-electron chi connectivity index (χ3n) is 2.04. The molecule has 2 aromatic rings. The Balaban J connectivity index is 2.22.